The van der Waals surface area contributed by atoms with E-state index in [1.807, 2.05) is 0 Å². The maximum absolute atomic E-state index is 13.2. The predicted octanol–water partition coefficient (Wildman–Crippen LogP) is 12.9. The van der Waals surface area contributed by atoms with Crippen molar-refractivity contribution in [3.05, 3.63) is 88.2 Å². The van der Waals surface area contributed by atoms with Gasteiger partial charge < -0.3 is 14.2 Å². The highest BCUT2D eigenvalue weighted by Gasteiger charge is 2.13. The van der Waals surface area contributed by atoms with Crippen molar-refractivity contribution in [1.29, 1.82) is 0 Å². The molecule has 0 heterocycles. The Kier molecular flexibility index (Phi) is 22.3. The Labute approximate surface area is 297 Å². The summed E-state index contributed by atoms with van der Waals surface area (Å²) < 4.78 is 55.1. The van der Waals surface area contributed by atoms with Gasteiger partial charge in [0.25, 0.3) is 0 Å². The van der Waals surface area contributed by atoms with E-state index in [4.69, 9.17) is 14.2 Å². The van der Waals surface area contributed by atoms with Crippen LogP contribution in [0.5, 0.6) is 17.2 Å². The van der Waals surface area contributed by atoms with Crippen molar-refractivity contribution in [2.45, 2.75) is 126 Å². The highest BCUT2D eigenvalue weighted by molar-refractivity contribution is 5.37. The smallest absolute Gasteiger partial charge is 0.162 e. The van der Waals surface area contributed by atoms with Crippen molar-refractivity contribution in [2.75, 3.05) is 21.3 Å². The van der Waals surface area contributed by atoms with Crippen LogP contribution in [0.2, 0.25) is 0 Å². The van der Waals surface area contributed by atoms with Crippen molar-refractivity contribution in [1.82, 2.24) is 0 Å². The molecular formula is C43H65F3O3. The molecule has 49 heavy (non-hydrogen) atoms. The summed E-state index contributed by atoms with van der Waals surface area (Å²) in [5, 5.41) is 0. The van der Waals surface area contributed by atoms with Crippen LogP contribution in [0.4, 0.5) is 13.2 Å². The van der Waals surface area contributed by atoms with Crippen LogP contribution in [-0.4, -0.2) is 21.3 Å². The summed E-state index contributed by atoms with van der Waals surface area (Å²) in [7, 11) is 4.87. The minimum absolute atomic E-state index is 0.182. The zero-order chi connectivity index (χ0) is 36.8. The first kappa shape index (κ1) is 43.9. The molecule has 0 spiro atoms. The van der Waals surface area contributed by atoms with E-state index < -0.39 is 11.6 Å². The third-order valence-corrected chi connectivity index (χ3v) is 8.86. The number of unbranched alkanes of at least 4 members (excludes halogenated alkanes) is 3. The highest BCUT2D eigenvalue weighted by atomic mass is 19.2. The van der Waals surface area contributed by atoms with Gasteiger partial charge in [0.2, 0.25) is 0 Å². The lowest BCUT2D eigenvalue weighted by atomic mass is 9.94. The summed E-state index contributed by atoms with van der Waals surface area (Å²) in [6.07, 6.45) is 13.7. The van der Waals surface area contributed by atoms with Crippen LogP contribution in [0.1, 0.15) is 122 Å². The maximum Gasteiger partial charge on any atom is 0.162 e. The largest absolute Gasteiger partial charge is 0.496 e. The van der Waals surface area contributed by atoms with Crippen molar-refractivity contribution in [3.63, 3.8) is 0 Å². The van der Waals surface area contributed by atoms with Crippen LogP contribution in [0.25, 0.3) is 0 Å². The average Bonchev–Trinajstić information content (AvgIpc) is 3.07. The second kappa shape index (κ2) is 24.9. The van der Waals surface area contributed by atoms with Crippen LogP contribution < -0.4 is 14.2 Å². The lowest BCUT2D eigenvalue weighted by Crippen LogP contribution is -2.03. The Hall–Kier alpha value is -3.15. The molecule has 0 aliphatic carbocycles. The molecule has 0 amide bonds. The Morgan fingerprint density at radius 2 is 0.898 bits per heavy atom. The third kappa shape index (κ3) is 17.4. The fraction of sp³-hybridized carbons (Fsp3) is 0.581. The zero-order valence-electron chi connectivity index (χ0n) is 32.2. The number of hydrogen-bond donors (Lipinski definition) is 0. The first-order chi connectivity index (χ1) is 23.4. The highest BCUT2D eigenvalue weighted by Crippen LogP contribution is 2.27. The van der Waals surface area contributed by atoms with Crippen LogP contribution in [0.15, 0.2) is 48.5 Å². The Bertz CT molecular complexity index is 1260. The van der Waals surface area contributed by atoms with Crippen LogP contribution in [-0.2, 0) is 19.3 Å². The van der Waals surface area contributed by atoms with E-state index in [0.29, 0.717) is 17.6 Å². The summed E-state index contributed by atoms with van der Waals surface area (Å²) in [5.41, 5.74) is 4.39. The predicted molar refractivity (Wildman–Crippen MR) is 201 cm³/mol. The minimum Gasteiger partial charge on any atom is -0.496 e. The van der Waals surface area contributed by atoms with Crippen LogP contribution in [0, 0.1) is 42.1 Å². The summed E-state index contributed by atoms with van der Waals surface area (Å²) in [4.78, 5) is 0. The quantitative estimate of drug-likeness (QED) is 0.133. The Morgan fingerprint density at radius 3 is 1.33 bits per heavy atom. The van der Waals surface area contributed by atoms with Gasteiger partial charge in [-0.3, -0.25) is 0 Å². The lowest BCUT2D eigenvalue weighted by molar-refractivity contribution is 0.394. The average molecular weight is 687 g/mol. The van der Waals surface area contributed by atoms with Crippen molar-refractivity contribution in [2.24, 2.45) is 17.8 Å². The minimum atomic E-state index is -0.855. The normalized spacial score (nSPS) is 12.5. The molecule has 0 aliphatic heterocycles. The van der Waals surface area contributed by atoms with Crippen molar-refractivity contribution in [3.8, 4) is 17.2 Å². The van der Waals surface area contributed by atoms with Gasteiger partial charge >= 0.3 is 0 Å². The van der Waals surface area contributed by atoms with E-state index >= 15 is 0 Å². The number of aryl methyl sites for hydroxylation is 1. The molecule has 0 bridgehead atoms. The van der Waals surface area contributed by atoms with Crippen LogP contribution >= 0.6 is 0 Å². The molecule has 6 heteroatoms. The molecule has 0 radical (unpaired) electrons. The molecule has 0 saturated heterocycles. The maximum atomic E-state index is 13.2. The van der Waals surface area contributed by atoms with E-state index in [-0.39, 0.29) is 5.82 Å². The summed E-state index contributed by atoms with van der Waals surface area (Å²) in [6, 6.07) is 13.5. The molecule has 3 atom stereocenters. The molecule has 3 aromatic rings. The summed E-state index contributed by atoms with van der Waals surface area (Å²) >= 11 is 0. The Morgan fingerprint density at radius 1 is 0.510 bits per heavy atom. The van der Waals surface area contributed by atoms with E-state index in [1.54, 1.807) is 26.4 Å². The zero-order valence-corrected chi connectivity index (χ0v) is 32.2. The number of ether oxygens (including phenoxy) is 3. The van der Waals surface area contributed by atoms with Gasteiger partial charge in [-0.15, -0.1) is 0 Å². The van der Waals surface area contributed by atoms with E-state index in [0.717, 1.165) is 73.1 Å². The molecule has 0 N–H and O–H groups in total. The second-order valence-corrected chi connectivity index (χ2v) is 13.7. The van der Waals surface area contributed by atoms with Gasteiger partial charge in [-0.25, -0.2) is 13.2 Å². The molecule has 0 saturated carbocycles. The number of benzene rings is 3. The van der Waals surface area contributed by atoms with Gasteiger partial charge in [0.1, 0.15) is 23.1 Å². The van der Waals surface area contributed by atoms with Gasteiger partial charge in [0, 0.05) is 6.07 Å². The lowest BCUT2D eigenvalue weighted by Gasteiger charge is -2.14. The SMILES string of the molecule is CCCCC(C)Cc1cc(C)ccc1OC.CCCCC(C)Cc1cc(F)c(F)cc1OC.CCCCC(C)Cc1cc(F)ccc1OC. The first-order valence-electron chi connectivity index (χ1n) is 18.4. The van der Waals surface area contributed by atoms with E-state index in [9.17, 15) is 13.2 Å². The monoisotopic (exact) mass is 686 g/mol. The van der Waals surface area contributed by atoms with Gasteiger partial charge in [-0.1, -0.05) is 117 Å². The molecule has 3 unspecified atom stereocenters. The molecule has 0 aliphatic rings. The molecule has 3 rings (SSSR count). The number of methoxy groups -OCH3 is 3. The van der Waals surface area contributed by atoms with E-state index in [1.165, 1.54) is 68.9 Å². The number of halogens is 3. The molecular weight excluding hydrogens is 621 g/mol. The van der Waals surface area contributed by atoms with Gasteiger partial charge in [0.15, 0.2) is 11.6 Å². The van der Waals surface area contributed by atoms with Crippen molar-refractivity contribution < 1.29 is 27.4 Å². The summed E-state index contributed by atoms with van der Waals surface area (Å²) in [6.45, 7) is 15.4. The van der Waals surface area contributed by atoms with E-state index in [2.05, 4.69) is 66.7 Å². The molecule has 0 aromatic heterocycles. The van der Waals surface area contributed by atoms with Crippen molar-refractivity contribution >= 4 is 0 Å². The standard InChI is InChI=1S/C15H24O.C14H20F2O.C14H21FO/c1-5-6-7-12(2)10-14-11-13(3)8-9-15(14)16-4;1-4-5-6-10(2)7-11-8-12(15)13(16)9-14(11)17-3;1-4-5-6-11(2)9-12-10-13(15)7-8-14(12)16-3/h8-9,11-12H,5-7,10H2,1-4H3;8-10H,4-7H2,1-3H3;7-8,10-11H,4-6,9H2,1-3H3. The topological polar surface area (TPSA) is 27.7 Å². The fourth-order valence-corrected chi connectivity index (χ4v) is 5.98. The van der Waals surface area contributed by atoms with Crippen LogP contribution in [0.3, 0.4) is 0 Å². The fourth-order valence-electron chi connectivity index (χ4n) is 5.98. The van der Waals surface area contributed by atoms with Gasteiger partial charge in [0.05, 0.1) is 21.3 Å². The molecule has 276 valence electrons. The third-order valence-electron chi connectivity index (χ3n) is 8.86. The first-order valence-corrected chi connectivity index (χ1v) is 18.4. The summed E-state index contributed by atoms with van der Waals surface area (Å²) in [5.74, 6) is 2.21. The number of rotatable bonds is 18. The number of hydrogen-bond acceptors (Lipinski definition) is 3. The Balaban J connectivity index is 0.000000368. The molecule has 3 aromatic carbocycles. The second-order valence-electron chi connectivity index (χ2n) is 13.7. The molecule has 3 nitrogen and oxygen atoms in total. The molecule has 0 fully saturated rings. The van der Waals surface area contributed by atoms with Gasteiger partial charge in [-0.2, -0.15) is 0 Å². The van der Waals surface area contributed by atoms with Gasteiger partial charge in [-0.05, 0) is 91.0 Å².